The second-order valence-corrected chi connectivity index (χ2v) is 5.99. The summed E-state index contributed by atoms with van der Waals surface area (Å²) in [4.78, 5) is 31.3. The highest BCUT2D eigenvalue weighted by atomic mass is 16.2. The number of amides is 2. The number of piperazine rings is 1. The number of anilines is 2. The van der Waals surface area contributed by atoms with Gasteiger partial charge in [-0.25, -0.2) is 4.98 Å². The first kappa shape index (κ1) is 17.4. The molecule has 2 amide bonds. The number of benzene rings is 1. The van der Waals surface area contributed by atoms with Crippen LogP contribution < -0.4 is 15.2 Å². The van der Waals surface area contributed by atoms with E-state index in [0.717, 1.165) is 18.9 Å². The van der Waals surface area contributed by atoms with Crippen LogP contribution >= 0.6 is 0 Å². The third-order valence-electron chi connectivity index (χ3n) is 4.26. The number of rotatable bonds is 4. The predicted octanol–water partition coefficient (Wildman–Crippen LogP) is 1.32. The average molecular weight is 350 g/mol. The van der Waals surface area contributed by atoms with E-state index in [-0.39, 0.29) is 18.2 Å². The van der Waals surface area contributed by atoms with Gasteiger partial charge in [-0.1, -0.05) is 6.07 Å². The molecule has 7 heteroatoms. The van der Waals surface area contributed by atoms with Crippen LogP contribution in [0.25, 0.3) is 0 Å². The van der Waals surface area contributed by atoms with E-state index in [0.29, 0.717) is 24.3 Å². The molecular formula is C19H20N5O2+. The van der Waals surface area contributed by atoms with Gasteiger partial charge in [0.25, 0.3) is 11.7 Å². The van der Waals surface area contributed by atoms with Crippen molar-refractivity contribution in [1.29, 1.82) is 5.26 Å². The van der Waals surface area contributed by atoms with Crippen molar-refractivity contribution in [2.75, 3.05) is 36.4 Å². The van der Waals surface area contributed by atoms with Gasteiger partial charge in [0, 0.05) is 17.3 Å². The van der Waals surface area contributed by atoms with Crippen molar-refractivity contribution in [3.05, 3.63) is 54.2 Å². The number of nitriles is 1. The smallest absolute Gasteiger partial charge is 0.274 e. The molecule has 26 heavy (non-hydrogen) atoms. The minimum Gasteiger partial charge on any atom is -0.331 e. The molecule has 1 aliphatic rings. The van der Waals surface area contributed by atoms with Crippen LogP contribution in [0.15, 0.2) is 48.7 Å². The number of pyridine rings is 1. The number of nitrogens with zero attached hydrogens (tertiary/aromatic N) is 3. The lowest BCUT2D eigenvalue weighted by Crippen LogP contribution is -2.50. The molecule has 1 saturated heterocycles. The lowest BCUT2D eigenvalue weighted by atomic mass is 10.1. The van der Waals surface area contributed by atoms with E-state index in [1.54, 1.807) is 30.3 Å². The Morgan fingerprint density at radius 2 is 1.81 bits per heavy atom. The highest BCUT2D eigenvalue weighted by molar-refractivity contribution is 5.96. The number of hydrogen-bond donors (Lipinski definition) is 1. The van der Waals surface area contributed by atoms with E-state index in [1.165, 1.54) is 0 Å². The molecule has 1 aliphatic heterocycles. The van der Waals surface area contributed by atoms with E-state index in [4.69, 9.17) is 5.26 Å². The minimum atomic E-state index is -0.361. The summed E-state index contributed by atoms with van der Waals surface area (Å²) in [6.45, 7) is 2.85. The van der Waals surface area contributed by atoms with E-state index in [9.17, 15) is 9.59 Å². The highest BCUT2D eigenvalue weighted by Gasteiger charge is 2.26. The second kappa shape index (κ2) is 8.12. The molecule has 2 aromatic rings. The molecule has 0 bridgehead atoms. The van der Waals surface area contributed by atoms with Crippen LogP contribution in [0.1, 0.15) is 16.8 Å². The van der Waals surface area contributed by atoms with Gasteiger partial charge in [-0.05, 0) is 30.3 Å². The van der Waals surface area contributed by atoms with Crippen LogP contribution in [0, 0.1) is 11.3 Å². The van der Waals surface area contributed by atoms with Crippen LogP contribution in [0.3, 0.4) is 0 Å². The number of carbonyl (C=O) groups excluding carboxylic acids is 2. The Kier molecular flexibility index (Phi) is 5.44. The first-order valence-corrected chi connectivity index (χ1v) is 8.45. The monoisotopic (exact) mass is 350 g/mol. The minimum absolute atomic E-state index is 0.0170. The molecule has 3 rings (SSSR count). The molecule has 0 radical (unpaired) electrons. The van der Waals surface area contributed by atoms with E-state index < -0.39 is 0 Å². The van der Waals surface area contributed by atoms with Gasteiger partial charge >= 0.3 is 0 Å². The number of aromatic nitrogens is 1. The molecule has 1 aromatic carbocycles. The Morgan fingerprint density at radius 3 is 2.42 bits per heavy atom. The van der Waals surface area contributed by atoms with Crippen LogP contribution in [0.4, 0.5) is 11.5 Å². The van der Waals surface area contributed by atoms with Gasteiger partial charge < -0.3 is 10.2 Å². The fourth-order valence-corrected chi connectivity index (χ4v) is 2.89. The summed E-state index contributed by atoms with van der Waals surface area (Å²) in [7, 11) is 0. The highest BCUT2D eigenvalue weighted by Crippen LogP contribution is 2.15. The SMILES string of the molecule is N#CCC(=O)Nc1ccc(C(=O)N2CCN(c3cccc[nH+]3)CC2)cc1. The molecule has 7 nitrogen and oxygen atoms in total. The summed E-state index contributed by atoms with van der Waals surface area (Å²) in [6, 6.07) is 14.5. The molecule has 0 spiro atoms. The molecule has 2 N–H and O–H groups in total. The molecular weight excluding hydrogens is 330 g/mol. The Hall–Kier alpha value is -3.40. The Balaban J connectivity index is 1.57. The van der Waals surface area contributed by atoms with Crippen molar-refractivity contribution in [3.8, 4) is 6.07 Å². The summed E-state index contributed by atoms with van der Waals surface area (Å²) >= 11 is 0. The van der Waals surface area contributed by atoms with Crippen LogP contribution in [0.5, 0.6) is 0 Å². The Morgan fingerprint density at radius 1 is 1.08 bits per heavy atom. The summed E-state index contributed by atoms with van der Waals surface area (Å²) in [6.07, 6.45) is 1.70. The van der Waals surface area contributed by atoms with Gasteiger partial charge in [-0.2, -0.15) is 5.26 Å². The number of nitrogens with one attached hydrogen (secondary N) is 2. The summed E-state index contributed by atoms with van der Waals surface area (Å²) < 4.78 is 0. The fraction of sp³-hybridized carbons (Fsp3) is 0.263. The van der Waals surface area contributed by atoms with E-state index in [1.807, 2.05) is 29.3 Å². The average Bonchev–Trinajstić information content (AvgIpc) is 2.69. The van der Waals surface area contributed by atoms with Gasteiger partial charge in [0.2, 0.25) is 5.91 Å². The zero-order chi connectivity index (χ0) is 18.4. The third-order valence-corrected chi connectivity index (χ3v) is 4.26. The molecule has 0 unspecified atom stereocenters. The fourth-order valence-electron chi connectivity index (χ4n) is 2.89. The number of aromatic amines is 1. The topological polar surface area (TPSA) is 90.6 Å². The molecule has 132 valence electrons. The summed E-state index contributed by atoms with van der Waals surface area (Å²) in [5.74, 6) is 0.675. The van der Waals surface area contributed by atoms with Crippen molar-refractivity contribution in [2.24, 2.45) is 0 Å². The van der Waals surface area contributed by atoms with Crippen molar-refractivity contribution in [2.45, 2.75) is 6.42 Å². The largest absolute Gasteiger partial charge is 0.331 e. The number of carbonyl (C=O) groups is 2. The van der Waals surface area contributed by atoms with Crippen molar-refractivity contribution >= 4 is 23.3 Å². The molecule has 0 saturated carbocycles. The summed E-state index contributed by atoms with van der Waals surface area (Å²) in [5.41, 5.74) is 1.16. The molecule has 1 aromatic heterocycles. The van der Waals surface area contributed by atoms with E-state index in [2.05, 4.69) is 15.2 Å². The molecule has 2 heterocycles. The van der Waals surface area contributed by atoms with Gasteiger partial charge in [0.1, 0.15) is 19.5 Å². The van der Waals surface area contributed by atoms with Gasteiger partial charge in [0.05, 0.1) is 25.4 Å². The van der Waals surface area contributed by atoms with Crippen molar-refractivity contribution < 1.29 is 14.6 Å². The van der Waals surface area contributed by atoms with Crippen molar-refractivity contribution in [3.63, 3.8) is 0 Å². The maximum atomic E-state index is 12.6. The van der Waals surface area contributed by atoms with Crippen LogP contribution in [-0.2, 0) is 4.79 Å². The lowest BCUT2D eigenvalue weighted by molar-refractivity contribution is -0.364. The normalized spacial score (nSPS) is 13.8. The third kappa shape index (κ3) is 4.16. The van der Waals surface area contributed by atoms with Gasteiger partial charge in [-0.3, -0.25) is 14.5 Å². The number of hydrogen-bond acceptors (Lipinski definition) is 4. The molecule has 0 aliphatic carbocycles. The van der Waals surface area contributed by atoms with Crippen molar-refractivity contribution in [1.82, 2.24) is 4.90 Å². The Labute approximate surface area is 151 Å². The second-order valence-electron chi connectivity index (χ2n) is 5.99. The quantitative estimate of drug-likeness (QED) is 0.900. The molecule has 0 atom stereocenters. The predicted molar refractivity (Wildman–Crippen MR) is 96.4 cm³/mol. The van der Waals surface area contributed by atoms with Crippen LogP contribution in [-0.4, -0.2) is 42.9 Å². The van der Waals surface area contributed by atoms with Gasteiger partial charge in [0.15, 0.2) is 0 Å². The first-order chi connectivity index (χ1) is 12.7. The maximum absolute atomic E-state index is 12.6. The van der Waals surface area contributed by atoms with Crippen LogP contribution in [0.2, 0.25) is 0 Å². The standard InChI is InChI=1S/C19H19N5O2/c20-9-8-18(25)22-16-6-4-15(5-7-16)19(26)24-13-11-23(12-14-24)17-3-1-2-10-21-17/h1-7,10H,8,11-14H2,(H,22,25)/p+1. The first-order valence-electron chi connectivity index (χ1n) is 8.45. The zero-order valence-electron chi connectivity index (χ0n) is 14.3. The van der Waals surface area contributed by atoms with Gasteiger partial charge in [-0.15, -0.1) is 0 Å². The number of H-pyrrole nitrogens is 1. The molecule has 1 fully saturated rings. The maximum Gasteiger partial charge on any atom is 0.274 e. The summed E-state index contributed by atoms with van der Waals surface area (Å²) in [5, 5.41) is 11.1. The van der Waals surface area contributed by atoms with E-state index >= 15 is 0 Å². The lowest BCUT2D eigenvalue weighted by Gasteiger charge is -2.31. The zero-order valence-corrected chi connectivity index (χ0v) is 14.3. The Bertz CT molecular complexity index is 806.